The highest BCUT2D eigenvalue weighted by molar-refractivity contribution is 6.30. The Hall–Kier alpha value is -3.43. The molecule has 8 nitrogen and oxygen atoms in total. The number of nitrogens with zero attached hydrogens (tertiary/aromatic N) is 3. The van der Waals surface area contributed by atoms with E-state index in [0.29, 0.717) is 12.1 Å². The van der Waals surface area contributed by atoms with Crippen molar-refractivity contribution in [3.8, 4) is 0 Å². The summed E-state index contributed by atoms with van der Waals surface area (Å²) in [7, 11) is 3.37. The number of fused-ring (bicyclic) bond motifs is 13. The minimum absolute atomic E-state index is 0.0127. The average Bonchev–Trinajstić information content (AvgIpc) is 3.47. The molecule has 2 N–H and O–H groups in total. The first-order valence-corrected chi connectivity index (χ1v) is 12.2. The summed E-state index contributed by atoms with van der Waals surface area (Å²) in [4.78, 5) is 15.4. The third kappa shape index (κ3) is 2.07. The molecule has 0 unspecified atom stereocenters. The lowest BCUT2D eigenvalue weighted by atomic mass is 9.93. The molecule has 0 spiro atoms. The zero-order valence-corrected chi connectivity index (χ0v) is 20.1. The Labute approximate surface area is 205 Å². The second kappa shape index (κ2) is 6.46. The van der Waals surface area contributed by atoms with Gasteiger partial charge in [0.05, 0.1) is 27.6 Å². The molecular formula is C28H25N3O5. The van der Waals surface area contributed by atoms with Gasteiger partial charge in [-0.1, -0.05) is 36.4 Å². The van der Waals surface area contributed by atoms with Crippen LogP contribution in [0.15, 0.2) is 48.5 Å². The van der Waals surface area contributed by atoms with Gasteiger partial charge in [-0.25, -0.2) is 0 Å². The van der Waals surface area contributed by atoms with Crippen LogP contribution < -0.4 is 0 Å². The van der Waals surface area contributed by atoms with Crippen molar-refractivity contribution in [1.82, 2.24) is 14.0 Å². The van der Waals surface area contributed by atoms with E-state index in [1.54, 1.807) is 4.90 Å². The van der Waals surface area contributed by atoms with Crippen LogP contribution in [0.2, 0.25) is 0 Å². The molecule has 0 saturated carbocycles. The summed E-state index contributed by atoms with van der Waals surface area (Å²) >= 11 is 0. The molecular weight excluding hydrogens is 458 g/mol. The highest BCUT2D eigenvalue weighted by atomic mass is 16.6. The number of amides is 1. The van der Waals surface area contributed by atoms with Gasteiger partial charge in [-0.3, -0.25) is 4.79 Å². The van der Waals surface area contributed by atoms with E-state index >= 15 is 0 Å². The van der Waals surface area contributed by atoms with E-state index in [1.165, 1.54) is 7.11 Å². The van der Waals surface area contributed by atoms with Crippen molar-refractivity contribution in [3.05, 3.63) is 59.7 Å². The van der Waals surface area contributed by atoms with E-state index in [0.717, 1.165) is 49.2 Å². The summed E-state index contributed by atoms with van der Waals surface area (Å²) in [5.41, 5.74) is 4.11. The third-order valence-corrected chi connectivity index (χ3v) is 8.61. The molecule has 3 aliphatic heterocycles. The molecule has 0 aliphatic carbocycles. The summed E-state index contributed by atoms with van der Waals surface area (Å²) < 4.78 is 16.7. The normalized spacial score (nSPS) is 29.2. The average molecular weight is 484 g/mol. The van der Waals surface area contributed by atoms with E-state index in [9.17, 15) is 15.0 Å². The molecule has 1 fully saturated rings. The van der Waals surface area contributed by atoms with Gasteiger partial charge in [0.1, 0.15) is 18.3 Å². The van der Waals surface area contributed by atoms with Crippen LogP contribution in [0.3, 0.4) is 0 Å². The van der Waals surface area contributed by atoms with Crippen LogP contribution in [0.1, 0.15) is 29.1 Å². The molecule has 36 heavy (non-hydrogen) atoms. The molecule has 2 bridgehead atoms. The number of aromatic nitrogens is 2. The molecule has 8 heteroatoms. The van der Waals surface area contributed by atoms with Crippen LogP contribution in [-0.2, 0) is 21.7 Å². The predicted octanol–water partition coefficient (Wildman–Crippen LogP) is 3.44. The largest absolute Gasteiger partial charge is 0.387 e. The van der Waals surface area contributed by atoms with E-state index in [2.05, 4.69) is 10.6 Å². The van der Waals surface area contributed by atoms with Gasteiger partial charge in [0, 0.05) is 42.2 Å². The SMILES string of the molecule is CO[C@@H]1[C@@H](O)[C@@H](O)[C@H]2O[C@]1(C)n1c3ccccc3c3c4c(c5c6ccccc6n2c5c31)C(=O)N(C)C4. The number of carbonyl (C=O) groups excluding carboxylic acids is 1. The monoisotopic (exact) mass is 483 g/mol. The molecule has 3 aromatic carbocycles. The first-order valence-electron chi connectivity index (χ1n) is 12.2. The number of ether oxygens (including phenoxy) is 2. The van der Waals surface area contributed by atoms with Gasteiger partial charge in [-0.2, -0.15) is 0 Å². The second-order valence-electron chi connectivity index (χ2n) is 10.4. The first-order chi connectivity index (χ1) is 17.4. The summed E-state index contributed by atoms with van der Waals surface area (Å²) in [6.45, 7) is 2.42. The zero-order chi connectivity index (χ0) is 24.7. The number of hydrogen-bond acceptors (Lipinski definition) is 5. The van der Waals surface area contributed by atoms with Gasteiger partial charge < -0.3 is 33.7 Å². The molecule has 5 atom stereocenters. The second-order valence-corrected chi connectivity index (χ2v) is 10.4. The molecule has 1 amide bonds. The maximum atomic E-state index is 13.6. The van der Waals surface area contributed by atoms with Crippen molar-refractivity contribution in [2.24, 2.45) is 0 Å². The number of benzene rings is 3. The number of para-hydroxylation sites is 2. The van der Waals surface area contributed by atoms with E-state index in [-0.39, 0.29) is 5.91 Å². The Morgan fingerprint density at radius 1 is 0.972 bits per heavy atom. The molecule has 5 heterocycles. The van der Waals surface area contributed by atoms with Gasteiger partial charge in [0.2, 0.25) is 0 Å². The van der Waals surface area contributed by atoms with Gasteiger partial charge in [0.25, 0.3) is 5.91 Å². The number of aliphatic hydroxyl groups is 2. The number of aliphatic hydroxyl groups excluding tert-OH is 2. The predicted molar refractivity (Wildman–Crippen MR) is 135 cm³/mol. The van der Waals surface area contributed by atoms with Crippen molar-refractivity contribution in [2.75, 3.05) is 14.2 Å². The molecule has 5 aromatic rings. The molecule has 2 aromatic heterocycles. The maximum absolute atomic E-state index is 13.6. The van der Waals surface area contributed by atoms with Gasteiger partial charge in [0.15, 0.2) is 12.0 Å². The highest BCUT2D eigenvalue weighted by Gasteiger charge is 2.57. The third-order valence-electron chi connectivity index (χ3n) is 8.61. The molecule has 1 saturated heterocycles. The van der Waals surface area contributed by atoms with Crippen molar-refractivity contribution in [3.63, 3.8) is 0 Å². The Bertz CT molecular complexity index is 1800. The van der Waals surface area contributed by atoms with Crippen molar-refractivity contribution in [2.45, 2.75) is 43.7 Å². The minimum atomic E-state index is -1.24. The van der Waals surface area contributed by atoms with E-state index in [1.807, 2.05) is 61.0 Å². The van der Waals surface area contributed by atoms with Crippen LogP contribution in [0.5, 0.6) is 0 Å². The number of methoxy groups -OCH3 is 1. The van der Waals surface area contributed by atoms with Gasteiger partial charge >= 0.3 is 0 Å². The number of hydrogen-bond donors (Lipinski definition) is 2. The highest BCUT2D eigenvalue weighted by Crippen LogP contribution is 2.54. The van der Waals surface area contributed by atoms with E-state index in [4.69, 9.17) is 9.47 Å². The molecule has 8 rings (SSSR count). The Balaban J connectivity index is 1.74. The topological polar surface area (TPSA) is 89.1 Å². The number of carbonyl (C=O) groups is 1. The Morgan fingerprint density at radius 3 is 2.36 bits per heavy atom. The summed E-state index contributed by atoms with van der Waals surface area (Å²) in [6, 6.07) is 16.0. The summed E-state index contributed by atoms with van der Waals surface area (Å²) in [5, 5.41) is 26.5. The fourth-order valence-corrected chi connectivity index (χ4v) is 7.20. The fraction of sp³-hybridized carbons (Fsp3) is 0.321. The quantitative estimate of drug-likeness (QED) is 0.381. The first kappa shape index (κ1) is 20.7. The Morgan fingerprint density at radius 2 is 1.64 bits per heavy atom. The maximum Gasteiger partial charge on any atom is 0.254 e. The zero-order valence-electron chi connectivity index (χ0n) is 20.1. The summed E-state index contributed by atoms with van der Waals surface area (Å²) in [5.74, 6) is -0.0127. The van der Waals surface area contributed by atoms with Crippen LogP contribution >= 0.6 is 0 Å². The van der Waals surface area contributed by atoms with Crippen LogP contribution in [-0.4, -0.2) is 62.6 Å². The summed E-state index contributed by atoms with van der Waals surface area (Å²) in [6.07, 6.45) is -4.14. The van der Waals surface area contributed by atoms with Crippen molar-refractivity contribution < 1.29 is 24.5 Å². The van der Waals surface area contributed by atoms with Crippen LogP contribution in [0.25, 0.3) is 43.6 Å². The standard InChI is InChI=1S/C28H25N3O5/c1-28-25(35-3)23(32)24(33)27(36-28)30-16-10-6-4-8-13(16)19-20-15(12-29(2)26(20)34)18-14-9-5-7-11-17(14)31(28)22(18)21(19)30/h4-11,23-25,27,32-33H,12H2,1-3H3/t23-,24+,25+,27+,28-/m0/s1. The van der Waals surface area contributed by atoms with Gasteiger partial charge in [-0.15, -0.1) is 0 Å². The van der Waals surface area contributed by atoms with Crippen molar-refractivity contribution in [1.29, 1.82) is 0 Å². The lowest BCUT2D eigenvalue weighted by molar-refractivity contribution is -0.314. The van der Waals surface area contributed by atoms with Gasteiger partial charge in [-0.05, 0) is 24.6 Å². The lowest BCUT2D eigenvalue weighted by Crippen LogP contribution is -2.62. The van der Waals surface area contributed by atoms with Crippen LogP contribution in [0, 0.1) is 0 Å². The minimum Gasteiger partial charge on any atom is -0.387 e. The smallest absolute Gasteiger partial charge is 0.254 e. The van der Waals surface area contributed by atoms with E-state index < -0.39 is 30.3 Å². The molecule has 0 radical (unpaired) electrons. The number of rotatable bonds is 1. The Kier molecular flexibility index (Phi) is 3.72. The fourth-order valence-electron chi connectivity index (χ4n) is 7.20. The van der Waals surface area contributed by atoms with Crippen molar-refractivity contribution >= 4 is 49.5 Å². The molecule has 3 aliphatic rings. The lowest BCUT2D eigenvalue weighted by Gasteiger charge is -2.48. The van der Waals surface area contributed by atoms with Crippen LogP contribution in [0.4, 0.5) is 0 Å². The molecule has 182 valence electrons.